The number of carbonyl (C=O) groups excluding carboxylic acids is 4. The van der Waals surface area contributed by atoms with Crippen molar-refractivity contribution in [2.75, 3.05) is 50.4 Å². The summed E-state index contributed by atoms with van der Waals surface area (Å²) < 4.78 is 0. The van der Waals surface area contributed by atoms with Crippen molar-refractivity contribution in [1.29, 1.82) is 0 Å². The van der Waals surface area contributed by atoms with E-state index in [-0.39, 0.29) is 34.6 Å². The molecule has 4 amide bonds. The fourth-order valence-electron chi connectivity index (χ4n) is 4.58. The summed E-state index contributed by atoms with van der Waals surface area (Å²) in [5, 5.41) is 11.8. The fourth-order valence-corrected chi connectivity index (χ4v) is 4.72. The topological polar surface area (TPSA) is 149 Å². The van der Waals surface area contributed by atoms with Crippen molar-refractivity contribution in [2.45, 2.75) is 19.3 Å². The number of nitrogens with one attached hydrogen (secondary N) is 4. The average Bonchev–Trinajstić information content (AvgIpc) is 3.05. The van der Waals surface area contributed by atoms with Gasteiger partial charge in [-0.3, -0.25) is 19.2 Å². The van der Waals surface area contributed by atoms with Gasteiger partial charge in [0, 0.05) is 57.4 Å². The third kappa shape index (κ3) is 8.54. The van der Waals surface area contributed by atoms with Crippen LogP contribution in [0.4, 0.5) is 23.1 Å². The highest BCUT2D eigenvalue weighted by molar-refractivity contribution is 6.33. The Morgan fingerprint density at radius 3 is 2.36 bits per heavy atom. The van der Waals surface area contributed by atoms with Crippen LogP contribution in [-0.4, -0.2) is 83.2 Å². The van der Waals surface area contributed by atoms with Crippen molar-refractivity contribution in [1.82, 2.24) is 30.4 Å². The third-order valence-electron chi connectivity index (χ3n) is 7.01. The number of piperazine rings is 1. The van der Waals surface area contributed by atoms with Crippen LogP contribution in [0.25, 0.3) is 0 Å². The number of unbranched alkanes of at least 4 members (excludes halogenated alkanes) is 1. The highest BCUT2D eigenvalue weighted by Gasteiger charge is 2.24. The molecule has 1 fully saturated rings. The van der Waals surface area contributed by atoms with Crippen molar-refractivity contribution in [2.24, 2.45) is 0 Å². The van der Waals surface area contributed by atoms with Crippen LogP contribution in [0, 0.1) is 0 Å². The molecule has 230 valence electrons. The SMILES string of the molecule is C=CC(=O)NCCCCC(=O)N1CCN(C(=O)c2ccc(Nc3ncc(Cl)c(Nc4ccccc4C(=O)NC)n3)cc2)CC1. The van der Waals surface area contributed by atoms with Crippen LogP contribution in [0.3, 0.4) is 0 Å². The fraction of sp³-hybridized carbons (Fsp3) is 0.290. The third-order valence-corrected chi connectivity index (χ3v) is 7.28. The number of benzene rings is 2. The molecule has 1 aliphatic heterocycles. The quantitative estimate of drug-likeness (QED) is 0.177. The molecule has 12 nitrogen and oxygen atoms in total. The first kappa shape index (κ1) is 32.0. The number of hydrogen-bond acceptors (Lipinski definition) is 8. The number of halogens is 1. The van der Waals surface area contributed by atoms with Gasteiger partial charge in [0.15, 0.2) is 5.82 Å². The number of rotatable bonds is 12. The van der Waals surface area contributed by atoms with E-state index in [4.69, 9.17) is 11.6 Å². The number of nitrogens with zero attached hydrogens (tertiary/aromatic N) is 4. The van der Waals surface area contributed by atoms with E-state index in [0.717, 1.165) is 0 Å². The Balaban J connectivity index is 1.28. The van der Waals surface area contributed by atoms with Crippen molar-refractivity contribution in [3.05, 3.63) is 83.5 Å². The van der Waals surface area contributed by atoms with E-state index < -0.39 is 0 Å². The standard InChI is InChI=1S/C31H35ClN8O4/c1-3-26(41)34-15-7-6-10-27(42)39-16-18-40(19-17-39)30(44)21-11-13-22(14-12-21)36-31-35-20-24(32)28(38-31)37-25-9-5-4-8-23(25)29(43)33-2/h3-5,8-9,11-14,20H,1,6-7,10,15-19H2,2H3,(H,33,43)(H,34,41)(H2,35,36,37,38). The summed E-state index contributed by atoms with van der Waals surface area (Å²) in [6.45, 7) is 5.79. The van der Waals surface area contributed by atoms with Gasteiger partial charge in [0.2, 0.25) is 17.8 Å². The molecule has 3 aromatic rings. The Hall–Kier alpha value is -4.97. The molecule has 2 heterocycles. The van der Waals surface area contributed by atoms with Gasteiger partial charge < -0.3 is 31.1 Å². The van der Waals surface area contributed by atoms with E-state index in [9.17, 15) is 19.2 Å². The molecule has 4 N–H and O–H groups in total. The lowest BCUT2D eigenvalue weighted by atomic mass is 10.1. The summed E-state index contributed by atoms with van der Waals surface area (Å²) in [4.78, 5) is 61.3. The maximum Gasteiger partial charge on any atom is 0.253 e. The molecular weight excluding hydrogens is 584 g/mol. The number of para-hydroxylation sites is 1. The maximum atomic E-state index is 13.1. The maximum absolute atomic E-state index is 13.1. The lowest BCUT2D eigenvalue weighted by Crippen LogP contribution is -2.50. The molecule has 0 saturated carbocycles. The summed E-state index contributed by atoms with van der Waals surface area (Å²) >= 11 is 6.32. The molecule has 0 atom stereocenters. The molecule has 0 aliphatic carbocycles. The molecule has 0 radical (unpaired) electrons. The first-order valence-electron chi connectivity index (χ1n) is 14.2. The van der Waals surface area contributed by atoms with Crippen LogP contribution >= 0.6 is 11.6 Å². The zero-order valence-electron chi connectivity index (χ0n) is 24.4. The first-order chi connectivity index (χ1) is 21.3. The summed E-state index contributed by atoms with van der Waals surface area (Å²) in [6.07, 6.45) is 4.48. The minimum atomic E-state index is -0.249. The van der Waals surface area contributed by atoms with E-state index in [2.05, 4.69) is 37.8 Å². The Morgan fingerprint density at radius 1 is 0.955 bits per heavy atom. The minimum absolute atomic E-state index is 0.0565. The second kappa shape index (κ2) is 15.5. The molecule has 0 unspecified atom stereocenters. The predicted octanol–water partition coefficient (Wildman–Crippen LogP) is 3.73. The van der Waals surface area contributed by atoms with Crippen molar-refractivity contribution >= 4 is 58.4 Å². The molecule has 4 rings (SSSR count). The Labute approximate surface area is 260 Å². The number of anilines is 4. The monoisotopic (exact) mass is 618 g/mol. The van der Waals surface area contributed by atoms with Crippen LogP contribution < -0.4 is 21.3 Å². The van der Waals surface area contributed by atoms with Crippen LogP contribution in [0.1, 0.15) is 40.0 Å². The molecular formula is C31H35ClN8O4. The normalized spacial score (nSPS) is 12.7. The molecule has 0 spiro atoms. The van der Waals surface area contributed by atoms with Gasteiger partial charge in [-0.2, -0.15) is 4.98 Å². The number of amides is 4. The van der Waals surface area contributed by atoms with Gasteiger partial charge in [-0.05, 0) is 55.3 Å². The van der Waals surface area contributed by atoms with Gasteiger partial charge in [-0.1, -0.05) is 30.3 Å². The summed E-state index contributed by atoms with van der Waals surface area (Å²) in [6, 6.07) is 14.0. The summed E-state index contributed by atoms with van der Waals surface area (Å²) in [5.41, 5.74) is 2.18. The highest BCUT2D eigenvalue weighted by atomic mass is 35.5. The molecule has 1 aliphatic rings. The van der Waals surface area contributed by atoms with Gasteiger partial charge in [-0.25, -0.2) is 4.98 Å². The number of hydrogen-bond donors (Lipinski definition) is 4. The number of aromatic nitrogens is 2. The smallest absolute Gasteiger partial charge is 0.253 e. The van der Waals surface area contributed by atoms with Gasteiger partial charge in [0.05, 0.1) is 17.4 Å². The van der Waals surface area contributed by atoms with Crippen LogP contribution in [0.5, 0.6) is 0 Å². The summed E-state index contributed by atoms with van der Waals surface area (Å²) in [5.74, 6) is 0.0779. The van der Waals surface area contributed by atoms with Gasteiger partial charge in [0.25, 0.3) is 11.8 Å². The van der Waals surface area contributed by atoms with Crippen LogP contribution in [0.15, 0.2) is 67.4 Å². The molecule has 44 heavy (non-hydrogen) atoms. The Bertz CT molecular complexity index is 1510. The van der Waals surface area contributed by atoms with Crippen LogP contribution in [-0.2, 0) is 9.59 Å². The van der Waals surface area contributed by atoms with Gasteiger partial charge in [0.1, 0.15) is 5.02 Å². The molecule has 0 bridgehead atoms. The lowest BCUT2D eigenvalue weighted by Gasteiger charge is -2.35. The van der Waals surface area contributed by atoms with Crippen molar-refractivity contribution in [3.8, 4) is 0 Å². The van der Waals surface area contributed by atoms with Gasteiger partial charge >= 0.3 is 0 Å². The molecule has 2 aromatic carbocycles. The van der Waals surface area contributed by atoms with Crippen molar-refractivity contribution < 1.29 is 19.2 Å². The van der Waals surface area contributed by atoms with Crippen molar-refractivity contribution in [3.63, 3.8) is 0 Å². The second-order valence-corrected chi connectivity index (χ2v) is 10.4. The molecule has 1 saturated heterocycles. The molecule has 13 heteroatoms. The Kier molecular flexibility index (Phi) is 11.2. The summed E-state index contributed by atoms with van der Waals surface area (Å²) in [7, 11) is 1.56. The average molecular weight is 619 g/mol. The van der Waals surface area contributed by atoms with E-state index >= 15 is 0 Å². The molecule has 1 aromatic heterocycles. The zero-order valence-corrected chi connectivity index (χ0v) is 25.2. The Morgan fingerprint density at radius 2 is 1.66 bits per heavy atom. The van der Waals surface area contributed by atoms with E-state index in [1.807, 2.05) is 0 Å². The van der Waals surface area contributed by atoms with E-state index in [1.54, 1.807) is 65.4 Å². The first-order valence-corrected chi connectivity index (χ1v) is 14.6. The second-order valence-electron chi connectivity index (χ2n) is 9.97. The van der Waals surface area contributed by atoms with Crippen LogP contribution in [0.2, 0.25) is 5.02 Å². The minimum Gasteiger partial charge on any atom is -0.355 e. The highest BCUT2D eigenvalue weighted by Crippen LogP contribution is 2.27. The van der Waals surface area contributed by atoms with E-state index in [0.29, 0.717) is 80.3 Å². The lowest BCUT2D eigenvalue weighted by molar-refractivity contribution is -0.132. The largest absolute Gasteiger partial charge is 0.355 e. The number of carbonyl (C=O) groups is 4. The predicted molar refractivity (Wildman–Crippen MR) is 169 cm³/mol. The van der Waals surface area contributed by atoms with Gasteiger partial charge in [-0.15, -0.1) is 0 Å². The zero-order chi connectivity index (χ0) is 31.5. The van der Waals surface area contributed by atoms with E-state index in [1.165, 1.54) is 12.3 Å².